The van der Waals surface area contributed by atoms with E-state index in [9.17, 15) is 10.1 Å². The Bertz CT molecular complexity index is 1330. The van der Waals surface area contributed by atoms with Crippen LogP contribution in [0.4, 0.5) is 0 Å². The lowest BCUT2D eigenvalue weighted by atomic mass is 10.1. The van der Waals surface area contributed by atoms with E-state index >= 15 is 0 Å². The highest BCUT2D eigenvalue weighted by Gasteiger charge is 2.24. The summed E-state index contributed by atoms with van der Waals surface area (Å²) in [5.74, 6) is 1.22. The van der Waals surface area contributed by atoms with E-state index in [1.807, 2.05) is 73.0 Å². The quantitative estimate of drug-likeness (QED) is 0.122. The van der Waals surface area contributed by atoms with E-state index in [1.54, 1.807) is 12.1 Å². The van der Waals surface area contributed by atoms with E-state index < -0.39 is 5.25 Å². The minimum absolute atomic E-state index is 0.292. The topological polar surface area (TPSA) is 83.1 Å². The van der Waals surface area contributed by atoms with Crippen molar-refractivity contribution in [3.8, 4) is 11.4 Å². The summed E-state index contributed by atoms with van der Waals surface area (Å²) in [4.78, 5) is 11.2. The van der Waals surface area contributed by atoms with Crippen molar-refractivity contribution < 1.29 is 9.66 Å². The Morgan fingerprint density at radius 1 is 1.09 bits per heavy atom. The number of aryl methyl sites for hydroxylation is 2. The highest BCUT2D eigenvalue weighted by atomic mass is 79.9. The minimum atomic E-state index is -0.518. The van der Waals surface area contributed by atoms with Gasteiger partial charge in [0.25, 0.3) is 0 Å². The van der Waals surface area contributed by atoms with Crippen LogP contribution in [0.2, 0.25) is 5.02 Å². The molecule has 1 aromatic heterocycles. The number of aromatic nitrogens is 3. The zero-order chi connectivity index (χ0) is 24.9. The molecular formula is C25H22BrClN4O3S. The van der Waals surface area contributed by atoms with Gasteiger partial charge in [-0.3, -0.25) is 14.7 Å². The zero-order valence-corrected chi connectivity index (χ0v) is 22.2. The standard InChI is InChI=1S/C25H22BrClN4O3S/c1-16-3-10-21(11-4-16)31-17(2)28-29-25(31)35-24(14-30(32)33)19-7-12-23(22(27)13-19)34-15-18-5-8-20(26)9-6-18/h3-13,24H,14-15H2,1-2H3/t24-/m1/s1. The third-order valence-electron chi connectivity index (χ3n) is 5.29. The van der Waals surface area contributed by atoms with Crippen LogP contribution < -0.4 is 4.74 Å². The Kier molecular flexibility index (Phi) is 8.10. The van der Waals surface area contributed by atoms with Gasteiger partial charge in [-0.1, -0.05) is 75.2 Å². The van der Waals surface area contributed by atoms with Crippen LogP contribution >= 0.6 is 39.3 Å². The molecule has 0 aliphatic carbocycles. The van der Waals surface area contributed by atoms with Crippen LogP contribution in [0.15, 0.2) is 76.4 Å². The highest BCUT2D eigenvalue weighted by Crippen LogP contribution is 2.38. The van der Waals surface area contributed by atoms with Gasteiger partial charge in [0, 0.05) is 15.1 Å². The maximum atomic E-state index is 11.5. The molecule has 10 heteroatoms. The molecule has 4 aromatic rings. The lowest BCUT2D eigenvalue weighted by molar-refractivity contribution is -0.479. The summed E-state index contributed by atoms with van der Waals surface area (Å²) in [6.07, 6.45) is 0. The smallest absolute Gasteiger partial charge is 0.220 e. The van der Waals surface area contributed by atoms with Gasteiger partial charge < -0.3 is 4.74 Å². The summed E-state index contributed by atoms with van der Waals surface area (Å²) < 4.78 is 8.76. The predicted octanol–water partition coefficient (Wildman–Crippen LogP) is 6.99. The first-order chi connectivity index (χ1) is 16.8. The molecule has 0 saturated heterocycles. The number of thioether (sulfide) groups is 1. The summed E-state index contributed by atoms with van der Waals surface area (Å²) in [5, 5.41) is 20.4. The van der Waals surface area contributed by atoms with Crippen molar-refractivity contribution in [1.82, 2.24) is 14.8 Å². The minimum Gasteiger partial charge on any atom is -0.487 e. The first-order valence-corrected chi connectivity index (χ1v) is 12.8. The van der Waals surface area contributed by atoms with Gasteiger partial charge in [-0.05, 0) is 61.4 Å². The van der Waals surface area contributed by atoms with E-state index in [1.165, 1.54) is 11.8 Å². The lowest BCUT2D eigenvalue weighted by Crippen LogP contribution is -2.11. The van der Waals surface area contributed by atoms with Crippen LogP contribution in [-0.2, 0) is 6.61 Å². The molecular weight excluding hydrogens is 552 g/mol. The van der Waals surface area contributed by atoms with Crippen LogP contribution in [0.3, 0.4) is 0 Å². The van der Waals surface area contributed by atoms with Crippen LogP contribution in [0.5, 0.6) is 5.75 Å². The Labute approximate surface area is 220 Å². The first kappa shape index (κ1) is 25.2. The maximum Gasteiger partial charge on any atom is 0.220 e. The molecule has 0 N–H and O–H groups in total. The van der Waals surface area contributed by atoms with Gasteiger partial charge in [-0.15, -0.1) is 10.2 Å². The Morgan fingerprint density at radius 2 is 1.80 bits per heavy atom. The van der Waals surface area contributed by atoms with E-state index in [-0.39, 0.29) is 11.5 Å². The molecule has 4 rings (SSSR count). The molecule has 0 saturated carbocycles. The van der Waals surface area contributed by atoms with Crippen LogP contribution in [0, 0.1) is 24.0 Å². The van der Waals surface area contributed by atoms with Gasteiger partial charge in [0.2, 0.25) is 6.54 Å². The Morgan fingerprint density at radius 3 is 2.46 bits per heavy atom. The van der Waals surface area contributed by atoms with Gasteiger partial charge in [-0.2, -0.15) is 0 Å². The average Bonchev–Trinajstić information content (AvgIpc) is 3.19. The van der Waals surface area contributed by atoms with E-state index in [0.717, 1.165) is 21.3 Å². The summed E-state index contributed by atoms with van der Waals surface area (Å²) in [6, 6.07) is 21.1. The molecule has 35 heavy (non-hydrogen) atoms. The molecule has 0 amide bonds. The van der Waals surface area contributed by atoms with Crippen molar-refractivity contribution in [3.63, 3.8) is 0 Å². The van der Waals surface area contributed by atoms with Crippen molar-refractivity contribution in [3.05, 3.63) is 109 Å². The third kappa shape index (κ3) is 6.42. The number of halogens is 2. The van der Waals surface area contributed by atoms with Crippen LogP contribution in [0.1, 0.15) is 27.8 Å². The summed E-state index contributed by atoms with van der Waals surface area (Å²) in [7, 11) is 0. The van der Waals surface area contributed by atoms with Crippen molar-refractivity contribution >= 4 is 39.3 Å². The Balaban J connectivity index is 1.56. The molecule has 0 unspecified atom stereocenters. The first-order valence-electron chi connectivity index (χ1n) is 10.7. The molecule has 0 spiro atoms. The Hall–Kier alpha value is -2.88. The van der Waals surface area contributed by atoms with Gasteiger partial charge in [0.1, 0.15) is 23.4 Å². The van der Waals surface area contributed by atoms with Gasteiger partial charge in [-0.25, -0.2) is 0 Å². The van der Waals surface area contributed by atoms with Gasteiger partial charge in [0.05, 0.1) is 5.02 Å². The van der Waals surface area contributed by atoms with Crippen molar-refractivity contribution in [1.29, 1.82) is 0 Å². The van der Waals surface area contributed by atoms with Gasteiger partial charge in [0.15, 0.2) is 5.16 Å². The molecule has 1 atom stereocenters. The monoisotopic (exact) mass is 572 g/mol. The summed E-state index contributed by atoms with van der Waals surface area (Å²) >= 11 is 11.2. The molecule has 0 aliphatic heterocycles. The largest absolute Gasteiger partial charge is 0.487 e. The number of benzene rings is 3. The fraction of sp³-hybridized carbons (Fsp3) is 0.200. The van der Waals surface area contributed by atoms with Crippen molar-refractivity contribution in [2.45, 2.75) is 30.9 Å². The molecule has 0 aliphatic rings. The predicted molar refractivity (Wildman–Crippen MR) is 141 cm³/mol. The fourth-order valence-electron chi connectivity index (χ4n) is 3.46. The van der Waals surface area contributed by atoms with Crippen molar-refractivity contribution in [2.75, 3.05) is 6.54 Å². The number of hydrogen-bond acceptors (Lipinski definition) is 6. The molecule has 7 nitrogen and oxygen atoms in total. The van der Waals surface area contributed by atoms with Crippen LogP contribution in [-0.4, -0.2) is 26.2 Å². The molecule has 0 fully saturated rings. The van der Waals surface area contributed by atoms with E-state index in [2.05, 4.69) is 26.1 Å². The average molecular weight is 574 g/mol. The second-order valence-corrected chi connectivity index (χ2v) is 10.4. The van der Waals surface area contributed by atoms with E-state index in [0.29, 0.717) is 33.9 Å². The maximum absolute atomic E-state index is 11.5. The molecule has 1 heterocycles. The number of ether oxygens (including phenoxy) is 1. The number of nitrogens with zero attached hydrogens (tertiary/aromatic N) is 4. The number of hydrogen-bond donors (Lipinski definition) is 0. The second kappa shape index (κ2) is 11.2. The number of nitro groups is 1. The molecule has 0 bridgehead atoms. The summed E-state index contributed by atoms with van der Waals surface area (Å²) in [6.45, 7) is 3.94. The highest BCUT2D eigenvalue weighted by molar-refractivity contribution is 9.10. The molecule has 0 radical (unpaired) electrons. The number of rotatable bonds is 9. The van der Waals surface area contributed by atoms with Crippen molar-refractivity contribution in [2.24, 2.45) is 0 Å². The summed E-state index contributed by atoms with van der Waals surface area (Å²) in [5.41, 5.74) is 3.75. The third-order valence-corrected chi connectivity index (χ3v) is 7.29. The second-order valence-electron chi connectivity index (χ2n) is 7.93. The van der Waals surface area contributed by atoms with Crippen LogP contribution in [0.25, 0.3) is 5.69 Å². The fourth-order valence-corrected chi connectivity index (χ4v) is 5.13. The molecule has 180 valence electrons. The van der Waals surface area contributed by atoms with E-state index in [4.69, 9.17) is 16.3 Å². The molecule has 3 aromatic carbocycles. The normalized spacial score (nSPS) is 11.9. The zero-order valence-electron chi connectivity index (χ0n) is 19.0. The SMILES string of the molecule is Cc1ccc(-n2c(C)nnc2S[C@H](C[N+](=O)[O-])c2ccc(OCc3ccc(Br)cc3)c(Cl)c2)cc1. The lowest BCUT2D eigenvalue weighted by Gasteiger charge is -2.16. The van der Waals surface area contributed by atoms with Gasteiger partial charge >= 0.3 is 0 Å².